The number of hydrogen-bond donors (Lipinski definition) is 0. The monoisotopic (exact) mass is 297 g/mol. The minimum absolute atomic E-state index is 1.24. The molecule has 0 unspecified atom stereocenters. The molecular formula is C22H19N. The Morgan fingerprint density at radius 2 is 1.22 bits per heavy atom. The zero-order valence-electron chi connectivity index (χ0n) is 13.5. The van der Waals surface area contributed by atoms with Gasteiger partial charge in [-0.3, -0.25) is 0 Å². The van der Waals surface area contributed by atoms with E-state index in [1.54, 1.807) is 0 Å². The summed E-state index contributed by atoms with van der Waals surface area (Å²) >= 11 is 0. The van der Waals surface area contributed by atoms with E-state index in [1.165, 1.54) is 38.5 Å². The van der Waals surface area contributed by atoms with Gasteiger partial charge >= 0.3 is 0 Å². The normalized spacial score (nSPS) is 11.0. The van der Waals surface area contributed by atoms with Gasteiger partial charge in [0.05, 0.1) is 0 Å². The summed E-state index contributed by atoms with van der Waals surface area (Å²) in [6.07, 6.45) is 0. The maximum absolute atomic E-state index is 2.30. The number of benzene rings is 4. The number of fused-ring (bicyclic) bond motifs is 3. The Kier molecular flexibility index (Phi) is 3.27. The Balaban J connectivity index is 2.04. The van der Waals surface area contributed by atoms with Crippen molar-refractivity contribution in [3.63, 3.8) is 0 Å². The summed E-state index contributed by atoms with van der Waals surface area (Å²) in [5.41, 5.74) is 3.77. The molecule has 4 rings (SSSR count). The molecule has 0 amide bonds. The molecule has 0 atom stereocenters. The first-order chi connectivity index (χ1) is 11.3. The van der Waals surface area contributed by atoms with Crippen molar-refractivity contribution >= 4 is 32.9 Å². The maximum atomic E-state index is 2.30. The SMILES string of the molecule is Cc1ccccc1N(C)c1cc2ccccc2c2ccccc12. The minimum atomic E-state index is 1.24. The minimum Gasteiger partial charge on any atom is -0.344 e. The van der Waals surface area contributed by atoms with Crippen molar-refractivity contribution in [2.24, 2.45) is 0 Å². The molecule has 0 heterocycles. The van der Waals surface area contributed by atoms with Crippen LogP contribution in [0.1, 0.15) is 5.56 Å². The van der Waals surface area contributed by atoms with E-state index in [4.69, 9.17) is 0 Å². The summed E-state index contributed by atoms with van der Waals surface area (Å²) in [5, 5.41) is 5.18. The lowest BCUT2D eigenvalue weighted by atomic mass is 9.99. The number of rotatable bonds is 2. The first kappa shape index (κ1) is 13.8. The predicted octanol–water partition coefficient (Wildman–Crippen LogP) is 6.07. The quantitative estimate of drug-likeness (QED) is 0.406. The average molecular weight is 297 g/mol. The number of para-hydroxylation sites is 1. The lowest BCUT2D eigenvalue weighted by molar-refractivity contribution is 1.20. The zero-order valence-corrected chi connectivity index (χ0v) is 13.5. The first-order valence-corrected chi connectivity index (χ1v) is 7.95. The van der Waals surface area contributed by atoms with Gasteiger partial charge in [0, 0.05) is 23.8 Å². The number of anilines is 2. The van der Waals surface area contributed by atoms with Gasteiger partial charge < -0.3 is 4.90 Å². The molecule has 0 bridgehead atoms. The molecule has 0 aliphatic carbocycles. The van der Waals surface area contributed by atoms with E-state index in [9.17, 15) is 0 Å². The molecule has 1 heteroatoms. The Morgan fingerprint density at radius 1 is 0.609 bits per heavy atom. The summed E-state index contributed by atoms with van der Waals surface area (Å²) < 4.78 is 0. The van der Waals surface area contributed by atoms with Crippen molar-refractivity contribution in [1.82, 2.24) is 0 Å². The van der Waals surface area contributed by atoms with E-state index < -0.39 is 0 Å². The number of aryl methyl sites for hydroxylation is 1. The van der Waals surface area contributed by atoms with Crippen LogP contribution in [0.2, 0.25) is 0 Å². The second-order valence-corrected chi connectivity index (χ2v) is 6.01. The first-order valence-electron chi connectivity index (χ1n) is 7.95. The van der Waals surface area contributed by atoms with Crippen molar-refractivity contribution in [3.8, 4) is 0 Å². The van der Waals surface area contributed by atoms with Crippen LogP contribution in [0.3, 0.4) is 0 Å². The van der Waals surface area contributed by atoms with Crippen molar-refractivity contribution in [2.75, 3.05) is 11.9 Å². The van der Waals surface area contributed by atoms with Crippen molar-refractivity contribution in [1.29, 1.82) is 0 Å². The lowest BCUT2D eigenvalue weighted by Crippen LogP contribution is -2.11. The standard InChI is InChI=1S/C22H19N/c1-16-9-3-8-14-21(16)23(2)22-15-17-10-4-5-11-18(17)19-12-6-7-13-20(19)22/h3-15H,1-2H3. The van der Waals surface area contributed by atoms with E-state index in [-0.39, 0.29) is 0 Å². The van der Waals surface area contributed by atoms with Crippen molar-refractivity contribution < 1.29 is 0 Å². The average Bonchev–Trinajstić information content (AvgIpc) is 2.61. The highest BCUT2D eigenvalue weighted by molar-refractivity contribution is 6.13. The van der Waals surface area contributed by atoms with Gasteiger partial charge in [-0.1, -0.05) is 66.7 Å². The molecule has 0 saturated heterocycles. The molecule has 0 fully saturated rings. The Bertz CT molecular complexity index is 1000. The van der Waals surface area contributed by atoms with E-state index in [2.05, 4.69) is 97.7 Å². The van der Waals surface area contributed by atoms with E-state index in [1.807, 2.05) is 0 Å². The van der Waals surface area contributed by atoms with Gasteiger partial charge in [-0.05, 0) is 40.8 Å². The fourth-order valence-electron chi connectivity index (χ4n) is 3.38. The van der Waals surface area contributed by atoms with E-state index in [0.717, 1.165) is 0 Å². The molecule has 4 aromatic carbocycles. The molecule has 112 valence electrons. The fourth-order valence-corrected chi connectivity index (χ4v) is 3.38. The molecule has 0 N–H and O–H groups in total. The van der Waals surface area contributed by atoms with Crippen LogP contribution in [-0.4, -0.2) is 7.05 Å². The highest BCUT2D eigenvalue weighted by Crippen LogP contribution is 2.37. The largest absolute Gasteiger partial charge is 0.344 e. The van der Waals surface area contributed by atoms with Crippen LogP contribution in [-0.2, 0) is 0 Å². The van der Waals surface area contributed by atoms with Crippen LogP contribution in [0.25, 0.3) is 21.5 Å². The third kappa shape index (κ3) is 2.25. The number of nitrogens with zero attached hydrogens (tertiary/aromatic N) is 1. The highest BCUT2D eigenvalue weighted by Gasteiger charge is 2.12. The zero-order chi connectivity index (χ0) is 15.8. The Morgan fingerprint density at radius 3 is 2.00 bits per heavy atom. The molecule has 4 aromatic rings. The van der Waals surface area contributed by atoms with Crippen LogP contribution < -0.4 is 4.90 Å². The maximum Gasteiger partial charge on any atom is 0.0494 e. The van der Waals surface area contributed by atoms with Gasteiger partial charge in [-0.25, -0.2) is 0 Å². The van der Waals surface area contributed by atoms with Crippen LogP contribution in [0.4, 0.5) is 11.4 Å². The number of hydrogen-bond acceptors (Lipinski definition) is 1. The van der Waals surface area contributed by atoms with Gasteiger partial charge in [0.25, 0.3) is 0 Å². The molecule has 1 nitrogen and oxygen atoms in total. The van der Waals surface area contributed by atoms with Gasteiger partial charge in [-0.2, -0.15) is 0 Å². The van der Waals surface area contributed by atoms with Crippen LogP contribution in [0.5, 0.6) is 0 Å². The molecule has 0 aromatic heterocycles. The van der Waals surface area contributed by atoms with Gasteiger partial charge in [0.1, 0.15) is 0 Å². The second kappa shape index (κ2) is 5.44. The topological polar surface area (TPSA) is 3.24 Å². The molecule has 0 aliphatic rings. The summed E-state index contributed by atoms with van der Waals surface area (Å²) in [5.74, 6) is 0. The predicted molar refractivity (Wildman–Crippen MR) is 101 cm³/mol. The Labute approximate surface area is 136 Å². The molecule has 0 radical (unpaired) electrons. The summed E-state index contributed by atoms with van der Waals surface area (Å²) in [4.78, 5) is 2.30. The van der Waals surface area contributed by atoms with Crippen molar-refractivity contribution in [2.45, 2.75) is 6.92 Å². The smallest absolute Gasteiger partial charge is 0.0494 e. The third-order valence-electron chi connectivity index (χ3n) is 4.58. The molecule has 0 spiro atoms. The second-order valence-electron chi connectivity index (χ2n) is 6.01. The molecular weight excluding hydrogens is 278 g/mol. The van der Waals surface area contributed by atoms with Crippen LogP contribution >= 0.6 is 0 Å². The van der Waals surface area contributed by atoms with E-state index >= 15 is 0 Å². The summed E-state index contributed by atoms with van der Waals surface area (Å²) in [6, 6.07) is 28.1. The summed E-state index contributed by atoms with van der Waals surface area (Å²) in [7, 11) is 2.15. The van der Waals surface area contributed by atoms with Gasteiger partial charge in [-0.15, -0.1) is 0 Å². The highest BCUT2D eigenvalue weighted by atomic mass is 15.1. The molecule has 0 aliphatic heterocycles. The van der Waals surface area contributed by atoms with Crippen LogP contribution in [0.15, 0.2) is 78.9 Å². The fraction of sp³-hybridized carbons (Fsp3) is 0.0909. The van der Waals surface area contributed by atoms with Gasteiger partial charge in [0.2, 0.25) is 0 Å². The Hall–Kier alpha value is -2.80. The van der Waals surface area contributed by atoms with Crippen LogP contribution in [0, 0.1) is 6.92 Å². The summed E-state index contributed by atoms with van der Waals surface area (Å²) in [6.45, 7) is 2.16. The molecule has 0 saturated carbocycles. The lowest BCUT2D eigenvalue weighted by Gasteiger charge is -2.24. The van der Waals surface area contributed by atoms with E-state index in [0.29, 0.717) is 0 Å². The van der Waals surface area contributed by atoms with Gasteiger partial charge in [0.15, 0.2) is 0 Å². The molecule has 23 heavy (non-hydrogen) atoms. The third-order valence-corrected chi connectivity index (χ3v) is 4.58. The van der Waals surface area contributed by atoms with Crippen molar-refractivity contribution in [3.05, 3.63) is 84.4 Å².